The molecule has 0 aromatic carbocycles. The first-order chi connectivity index (χ1) is 53.4. The van der Waals surface area contributed by atoms with Crippen LogP contribution in [0.3, 0.4) is 0 Å². The first-order valence-electron chi connectivity index (χ1n) is 38.8. The third-order valence-corrected chi connectivity index (χ3v) is 17.6. The van der Waals surface area contributed by atoms with Gasteiger partial charge in [0.05, 0.1) is 23.3 Å². The normalized spacial score (nSPS) is 14.4. The summed E-state index contributed by atoms with van der Waals surface area (Å²) >= 11 is 0. The Hall–Kier alpha value is -11.1. The zero-order valence-electron chi connectivity index (χ0n) is 71.6. The van der Waals surface area contributed by atoms with E-state index in [2.05, 4.69) is 111 Å². The monoisotopic (exact) mass is 1650 g/mol. The molecule has 0 unspecified atom stereocenters. The topological polar surface area (TPSA) is 674 Å². The number of amides is 16. The highest BCUT2D eigenvalue weighted by molar-refractivity contribution is 5.98. The molecule has 1 rings (SSSR count). The molecule has 116 heavy (non-hydrogen) atoms. The summed E-state index contributed by atoms with van der Waals surface area (Å²) in [7, 11) is 0. The number of rotatable bonds is 49. The summed E-state index contributed by atoms with van der Waals surface area (Å²) in [6, 6.07) is -8.54. The summed E-state index contributed by atoms with van der Waals surface area (Å²) in [5, 5.41) is 42.8. The second-order valence-corrected chi connectivity index (χ2v) is 31.7. The van der Waals surface area contributed by atoms with Gasteiger partial charge in [-0.05, 0) is 127 Å². The molecule has 0 aliphatic heterocycles. The van der Waals surface area contributed by atoms with Crippen LogP contribution in [0.5, 0.6) is 0 Å². The number of nitrogens with one attached hydrogen (secondary N) is 16. The van der Waals surface area contributed by atoms with Crippen LogP contribution in [0.15, 0.2) is 49.6 Å². The van der Waals surface area contributed by atoms with Crippen LogP contribution in [0.4, 0.5) is 0 Å². The molecule has 1 saturated carbocycles. The maximum atomic E-state index is 13.0. The van der Waals surface area contributed by atoms with E-state index in [-0.39, 0.29) is 66.6 Å². The molecule has 0 radical (unpaired) electrons. The Kier molecular flexibility index (Phi) is 51.3. The van der Waals surface area contributed by atoms with E-state index in [4.69, 9.17) is 45.9 Å². The van der Waals surface area contributed by atoms with E-state index < -0.39 is 148 Å². The standard InChI is InChI=1S/C21H38N6O4.C20H38N6O4.C18H34N6O4.C17H32N6O4/c1-12(2)17(25-14(4)28)21(31)26-16(10-7-11-24-13(3)22)20(30)27-18(19(23)29)15-8-5-6-9-15;1-11(2)15(24-13(4)27)19(30)25-14(9-8-10-23-12(3)21)18(29)26-16(17(22)28)20(5,6)7;1-10(2)14(22-12(4)25)16(27)23-13(8-7-9-21-11(3)19)15(26)24-18(5,6)17(20)28;1-6-12(14(19)25)21-15(26)13(8-7-9-20-10(2)18)22-16(27)17(4,5)23-11(3)24/h12,15-18,24H,3,5-11,22H2,1-2,4H3,(H2,23,29)(H,25,28)(H,26,31)(H,27,30);11,14-16,23H,3,8-10,21H2,1-2,4-7H3,(H2,22,28)(H,24,27)(H,25,30)(H,26,29);10,13-14,21H,3,7-9,19H2,1-2,4-6H3,(H2,20,28)(H,22,25)(H,23,27)(H,24,26);12-13,20H,2,6-9,18H2,1,3-5H3,(H2,19,25)(H,21,26)(H,22,27)(H,23,24)/t16-,17-,18-;14-,15-,16+;13-,14-;12-,13-/m0000/s1. The first-order valence-corrected chi connectivity index (χ1v) is 38.8. The van der Waals surface area contributed by atoms with E-state index in [1.54, 1.807) is 69.2 Å². The minimum absolute atomic E-state index is 0.00262. The van der Waals surface area contributed by atoms with Crippen LogP contribution in [-0.2, 0) is 76.7 Å². The molecule has 0 spiro atoms. The Morgan fingerprint density at radius 3 is 0.914 bits per heavy atom. The van der Waals surface area contributed by atoms with Gasteiger partial charge in [-0.3, -0.25) is 76.7 Å². The number of carbonyl (C=O) groups excluding carboxylic acids is 16. The van der Waals surface area contributed by atoms with Gasteiger partial charge < -0.3 is 131 Å². The van der Waals surface area contributed by atoms with Crippen molar-refractivity contribution in [2.24, 2.45) is 75.0 Å². The quantitative estimate of drug-likeness (QED) is 0.0262. The van der Waals surface area contributed by atoms with E-state index in [1.807, 2.05) is 0 Å². The van der Waals surface area contributed by atoms with Gasteiger partial charge >= 0.3 is 0 Å². The molecular weight excluding hydrogens is 1500 g/mol. The third-order valence-electron chi connectivity index (χ3n) is 17.6. The van der Waals surface area contributed by atoms with Crippen LogP contribution in [0.1, 0.15) is 208 Å². The molecule has 0 aromatic heterocycles. The zero-order valence-corrected chi connectivity index (χ0v) is 71.6. The summed E-state index contributed by atoms with van der Waals surface area (Å²) in [5.41, 5.74) is 40.3. The molecule has 0 heterocycles. The van der Waals surface area contributed by atoms with Gasteiger partial charge in [0, 0.05) is 53.9 Å². The Balaban J connectivity index is -0.00000147. The highest BCUT2D eigenvalue weighted by atomic mass is 16.2. The molecule has 1 aliphatic rings. The zero-order chi connectivity index (χ0) is 90.5. The number of hydrogen-bond donors (Lipinski definition) is 24. The van der Waals surface area contributed by atoms with Crippen molar-refractivity contribution >= 4 is 94.5 Å². The molecule has 0 aromatic rings. The lowest BCUT2D eigenvalue weighted by Crippen LogP contribution is -2.60. The Bertz CT molecular complexity index is 3330. The van der Waals surface area contributed by atoms with Crippen molar-refractivity contribution in [2.75, 3.05) is 26.2 Å². The minimum Gasteiger partial charge on any atom is -0.386 e. The maximum Gasteiger partial charge on any atom is 0.245 e. The van der Waals surface area contributed by atoms with E-state index >= 15 is 0 Å². The van der Waals surface area contributed by atoms with Gasteiger partial charge in [0.25, 0.3) is 0 Å². The fourth-order valence-electron chi connectivity index (χ4n) is 11.2. The van der Waals surface area contributed by atoms with Gasteiger partial charge in [-0.1, -0.05) is 108 Å². The van der Waals surface area contributed by atoms with E-state index in [1.165, 1.54) is 55.4 Å². The summed E-state index contributed by atoms with van der Waals surface area (Å²) < 4.78 is 0. The van der Waals surface area contributed by atoms with Gasteiger partial charge in [-0.25, -0.2) is 0 Å². The average Bonchev–Trinajstić information content (AvgIpc) is 1.06. The van der Waals surface area contributed by atoms with Crippen LogP contribution in [0.25, 0.3) is 0 Å². The molecule has 1 aliphatic carbocycles. The summed E-state index contributed by atoms with van der Waals surface area (Å²) in [5.74, 6) is -7.39. The molecule has 10 atom stereocenters. The van der Waals surface area contributed by atoms with Crippen molar-refractivity contribution < 1.29 is 76.7 Å². The number of primary amides is 4. The second kappa shape index (κ2) is 54.6. The third kappa shape index (κ3) is 47.5. The summed E-state index contributed by atoms with van der Waals surface area (Å²) in [6.07, 6.45) is 7.12. The van der Waals surface area contributed by atoms with Crippen molar-refractivity contribution in [3.05, 3.63) is 49.6 Å². The van der Waals surface area contributed by atoms with Crippen LogP contribution >= 0.6 is 0 Å². The van der Waals surface area contributed by atoms with Crippen molar-refractivity contribution in [3.8, 4) is 0 Å². The fraction of sp³-hybridized carbons (Fsp3) is 0.684. The lowest BCUT2D eigenvalue weighted by molar-refractivity contribution is -0.135. The van der Waals surface area contributed by atoms with Gasteiger partial charge in [-0.2, -0.15) is 0 Å². The average molecular weight is 1650 g/mol. The summed E-state index contributed by atoms with van der Waals surface area (Å²) in [6.45, 7) is 45.0. The first kappa shape index (κ1) is 109. The van der Waals surface area contributed by atoms with Crippen LogP contribution in [0.2, 0.25) is 0 Å². The Morgan fingerprint density at radius 2 is 0.655 bits per heavy atom. The van der Waals surface area contributed by atoms with Crippen molar-refractivity contribution in [2.45, 2.75) is 280 Å². The lowest BCUT2D eigenvalue weighted by atomic mass is 9.86. The Labute approximate surface area is 683 Å². The Morgan fingerprint density at radius 1 is 0.353 bits per heavy atom. The molecule has 0 bridgehead atoms. The van der Waals surface area contributed by atoms with E-state index in [0.29, 0.717) is 88.0 Å². The maximum absolute atomic E-state index is 13.0. The van der Waals surface area contributed by atoms with Crippen molar-refractivity contribution in [3.63, 3.8) is 0 Å². The summed E-state index contributed by atoms with van der Waals surface area (Å²) in [4.78, 5) is 194. The van der Waals surface area contributed by atoms with Gasteiger partial charge in [0.1, 0.15) is 71.5 Å². The fourth-order valence-corrected chi connectivity index (χ4v) is 11.2. The van der Waals surface area contributed by atoms with E-state index in [0.717, 1.165) is 25.7 Å². The SMILES string of the molecule is C=C(N)NCCC[C@H](NC(=O)C(C)(C)NC(C)=O)C(=O)N[C@@H](CC)C(N)=O.C=C(N)NCCC[C@H](NC(=O)[C@@H](NC(C)=O)C(C)C)C(=O)NC(C)(C)C(N)=O.C=C(N)NCCC[C@H](NC(=O)[C@@H](NC(C)=O)C(C)C)C(=O)N[C@H](C(N)=O)C(C)(C)C.C=C(N)NCCC[C@H](NC(=O)[C@@H](NC(C)=O)C(C)C)C(=O)N[C@H](C(N)=O)C1CCCC1. The molecule has 1 fully saturated rings. The molecule has 0 saturated heterocycles. The molecule has 40 heteroatoms. The minimum atomic E-state index is -1.28. The van der Waals surface area contributed by atoms with E-state index in [9.17, 15) is 76.7 Å². The smallest absolute Gasteiger partial charge is 0.245 e. The van der Waals surface area contributed by atoms with Gasteiger partial charge in [-0.15, -0.1) is 0 Å². The predicted octanol–water partition coefficient (Wildman–Crippen LogP) is -3.58. The van der Waals surface area contributed by atoms with Crippen molar-refractivity contribution in [1.29, 1.82) is 0 Å². The molecule has 32 N–H and O–H groups in total. The predicted molar refractivity (Wildman–Crippen MR) is 442 cm³/mol. The number of carbonyl (C=O) groups is 16. The highest BCUT2D eigenvalue weighted by Crippen LogP contribution is 2.28. The van der Waals surface area contributed by atoms with Crippen LogP contribution in [-0.4, -0.2) is 192 Å². The number of hydrogen-bond acceptors (Lipinski definition) is 24. The van der Waals surface area contributed by atoms with Crippen molar-refractivity contribution in [1.82, 2.24) is 85.1 Å². The van der Waals surface area contributed by atoms with Crippen LogP contribution in [0, 0.1) is 29.1 Å². The highest BCUT2D eigenvalue weighted by Gasteiger charge is 2.39. The molecular formula is C76H142N24O16. The van der Waals surface area contributed by atoms with Crippen LogP contribution < -0.4 is 131 Å². The lowest BCUT2D eigenvalue weighted by Gasteiger charge is -2.31. The second-order valence-electron chi connectivity index (χ2n) is 31.7. The van der Waals surface area contributed by atoms with Gasteiger partial charge in [0.15, 0.2) is 0 Å². The molecule has 40 nitrogen and oxygen atoms in total. The van der Waals surface area contributed by atoms with Gasteiger partial charge in [0.2, 0.25) is 94.5 Å². The number of nitrogens with two attached hydrogens (primary N) is 8. The molecule has 16 amide bonds. The largest absolute Gasteiger partial charge is 0.386 e. The molecule has 662 valence electrons.